The van der Waals surface area contributed by atoms with E-state index >= 15 is 0 Å². The van der Waals surface area contributed by atoms with Gasteiger partial charge in [-0.15, -0.1) is 0 Å². The van der Waals surface area contributed by atoms with Crippen molar-refractivity contribution in [2.45, 2.75) is 6.92 Å². The molecular weight excluding hydrogens is 206 g/mol. The Hall–Kier alpha value is -1.65. The Kier molecular flexibility index (Phi) is 4.03. The largest absolute Gasteiger partial charge is 0.479 e. The molecule has 0 bridgehead atoms. The van der Waals surface area contributed by atoms with Crippen LogP contribution in [0.1, 0.15) is 6.92 Å². The lowest BCUT2D eigenvalue weighted by atomic mass is 10.3. The standard InChI is InChI=1S/C10H10F2O3/c1-2-14-10(13)6-15-9-4-3-7(11)5-8(9)12/h3-5H,2,6H2,1H3. The van der Waals surface area contributed by atoms with Crippen molar-refractivity contribution < 1.29 is 23.0 Å². The Morgan fingerprint density at radius 1 is 1.40 bits per heavy atom. The average Bonchev–Trinajstić information content (AvgIpc) is 2.17. The molecule has 0 fully saturated rings. The first-order chi connectivity index (χ1) is 7.13. The predicted octanol–water partition coefficient (Wildman–Crippen LogP) is 1.91. The van der Waals surface area contributed by atoms with Gasteiger partial charge in [-0.25, -0.2) is 13.6 Å². The first-order valence-corrected chi connectivity index (χ1v) is 4.37. The van der Waals surface area contributed by atoms with E-state index in [0.717, 1.165) is 12.1 Å². The van der Waals surface area contributed by atoms with Crippen LogP contribution in [0.2, 0.25) is 0 Å². The quantitative estimate of drug-likeness (QED) is 0.721. The van der Waals surface area contributed by atoms with E-state index in [0.29, 0.717) is 6.07 Å². The minimum absolute atomic E-state index is 0.176. The van der Waals surface area contributed by atoms with E-state index in [1.807, 2.05) is 0 Å². The summed E-state index contributed by atoms with van der Waals surface area (Å²) in [7, 11) is 0. The third-order valence-electron chi connectivity index (χ3n) is 1.54. The predicted molar refractivity (Wildman–Crippen MR) is 48.5 cm³/mol. The van der Waals surface area contributed by atoms with Crippen LogP contribution in [-0.2, 0) is 9.53 Å². The summed E-state index contributed by atoms with van der Waals surface area (Å²) in [6.45, 7) is 1.49. The second-order valence-electron chi connectivity index (χ2n) is 2.67. The van der Waals surface area contributed by atoms with Crippen molar-refractivity contribution in [2.75, 3.05) is 13.2 Å². The number of ether oxygens (including phenoxy) is 2. The highest BCUT2D eigenvalue weighted by molar-refractivity contribution is 5.71. The van der Waals surface area contributed by atoms with Crippen LogP contribution < -0.4 is 4.74 Å². The van der Waals surface area contributed by atoms with Gasteiger partial charge in [0, 0.05) is 6.07 Å². The molecular formula is C10H10F2O3. The molecule has 0 N–H and O–H groups in total. The summed E-state index contributed by atoms with van der Waals surface area (Å²) in [5, 5.41) is 0. The van der Waals surface area contributed by atoms with Crippen LogP contribution in [0.15, 0.2) is 18.2 Å². The minimum Gasteiger partial charge on any atom is -0.479 e. The molecule has 1 aromatic carbocycles. The van der Waals surface area contributed by atoms with Crippen LogP contribution in [0.4, 0.5) is 8.78 Å². The topological polar surface area (TPSA) is 35.5 Å². The third-order valence-corrected chi connectivity index (χ3v) is 1.54. The first-order valence-electron chi connectivity index (χ1n) is 4.37. The summed E-state index contributed by atoms with van der Waals surface area (Å²) in [6.07, 6.45) is 0. The van der Waals surface area contributed by atoms with Gasteiger partial charge in [-0.1, -0.05) is 0 Å². The third kappa shape index (κ3) is 3.53. The Labute approximate surface area is 85.6 Å². The van der Waals surface area contributed by atoms with Gasteiger partial charge in [-0.05, 0) is 19.1 Å². The highest BCUT2D eigenvalue weighted by atomic mass is 19.1. The van der Waals surface area contributed by atoms with Crippen molar-refractivity contribution in [3.05, 3.63) is 29.8 Å². The summed E-state index contributed by atoms with van der Waals surface area (Å²) >= 11 is 0. The molecule has 0 aliphatic heterocycles. The van der Waals surface area contributed by atoms with Gasteiger partial charge >= 0.3 is 5.97 Å². The van der Waals surface area contributed by atoms with Crippen LogP contribution >= 0.6 is 0 Å². The lowest BCUT2D eigenvalue weighted by molar-refractivity contribution is -0.145. The fourth-order valence-corrected chi connectivity index (χ4v) is 0.932. The lowest BCUT2D eigenvalue weighted by Gasteiger charge is -2.06. The lowest BCUT2D eigenvalue weighted by Crippen LogP contribution is -2.15. The molecule has 0 aromatic heterocycles. The number of halogens is 2. The normalized spacial score (nSPS) is 9.80. The molecule has 0 unspecified atom stereocenters. The van der Waals surface area contributed by atoms with E-state index < -0.39 is 24.2 Å². The van der Waals surface area contributed by atoms with Gasteiger partial charge in [-0.2, -0.15) is 0 Å². The summed E-state index contributed by atoms with van der Waals surface area (Å²) in [4.78, 5) is 10.9. The zero-order valence-electron chi connectivity index (χ0n) is 8.13. The van der Waals surface area contributed by atoms with Crippen molar-refractivity contribution >= 4 is 5.97 Å². The summed E-state index contributed by atoms with van der Waals surface area (Å²) in [6, 6.07) is 2.84. The Balaban J connectivity index is 2.54. The second-order valence-corrected chi connectivity index (χ2v) is 2.67. The van der Waals surface area contributed by atoms with Crippen molar-refractivity contribution in [3.63, 3.8) is 0 Å². The number of hydrogen-bond acceptors (Lipinski definition) is 3. The van der Waals surface area contributed by atoms with E-state index in [4.69, 9.17) is 4.74 Å². The Morgan fingerprint density at radius 2 is 2.13 bits per heavy atom. The molecule has 0 amide bonds. The van der Waals surface area contributed by atoms with Crippen molar-refractivity contribution in [1.29, 1.82) is 0 Å². The molecule has 0 heterocycles. The maximum absolute atomic E-state index is 13.0. The van der Waals surface area contributed by atoms with Crippen molar-refractivity contribution in [3.8, 4) is 5.75 Å². The zero-order valence-corrected chi connectivity index (χ0v) is 8.13. The van der Waals surface area contributed by atoms with E-state index in [2.05, 4.69) is 4.74 Å². The van der Waals surface area contributed by atoms with Crippen LogP contribution in [0, 0.1) is 11.6 Å². The summed E-state index contributed by atoms with van der Waals surface area (Å²) in [5.41, 5.74) is 0. The molecule has 1 rings (SSSR count). The van der Waals surface area contributed by atoms with E-state index in [-0.39, 0.29) is 12.4 Å². The van der Waals surface area contributed by atoms with Crippen LogP contribution in [-0.4, -0.2) is 19.2 Å². The number of hydrogen-bond donors (Lipinski definition) is 0. The summed E-state index contributed by atoms with van der Waals surface area (Å²) < 4.78 is 34.8. The summed E-state index contributed by atoms with van der Waals surface area (Å²) in [5.74, 6) is -2.32. The fraction of sp³-hybridized carbons (Fsp3) is 0.300. The Morgan fingerprint density at radius 3 is 2.73 bits per heavy atom. The zero-order chi connectivity index (χ0) is 11.3. The van der Waals surface area contributed by atoms with Gasteiger partial charge in [-0.3, -0.25) is 0 Å². The molecule has 0 saturated heterocycles. The van der Waals surface area contributed by atoms with Crippen molar-refractivity contribution in [1.82, 2.24) is 0 Å². The number of benzene rings is 1. The van der Waals surface area contributed by atoms with Gasteiger partial charge in [0.1, 0.15) is 5.82 Å². The smallest absolute Gasteiger partial charge is 0.344 e. The number of esters is 1. The van der Waals surface area contributed by atoms with Crippen LogP contribution in [0.5, 0.6) is 5.75 Å². The van der Waals surface area contributed by atoms with Crippen molar-refractivity contribution in [2.24, 2.45) is 0 Å². The van der Waals surface area contributed by atoms with Gasteiger partial charge in [0.15, 0.2) is 18.2 Å². The van der Waals surface area contributed by atoms with Crippen LogP contribution in [0.3, 0.4) is 0 Å². The monoisotopic (exact) mass is 216 g/mol. The SMILES string of the molecule is CCOC(=O)COc1ccc(F)cc1F. The molecule has 0 aliphatic rings. The number of carbonyl (C=O) groups excluding carboxylic acids is 1. The van der Waals surface area contributed by atoms with E-state index in [9.17, 15) is 13.6 Å². The maximum atomic E-state index is 13.0. The molecule has 15 heavy (non-hydrogen) atoms. The Bertz CT molecular complexity index is 353. The molecule has 0 spiro atoms. The molecule has 0 saturated carbocycles. The molecule has 82 valence electrons. The highest BCUT2D eigenvalue weighted by Crippen LogP contribution is 2.17. The van der Waals surface area contributed by atoms with Gasteiger partial charge in [0.05, 0.1) is 6.61 Å². The fourth-order valence-electron chi connectivity index (χ4n) is 0.932. The number of rotatable bonds is 4. The number of carbonyl (C=O) groups is 1. The van der Waals surface area contributed by atoms with Crippen LogP contribution in [0.25, 0.3) is 0 Å². The first kappa shape index (κ1) is 11.4. The minimum atomic E-state index is -0.848. The molecule has 3 nitrogen and oxygen atoms in total. The van der Waals surface area contributed by atoms with Gasteiger partial charge in [0.25, 0.3) is 0 Å². The van der Waals surface area contributed by atoms with E-state index in [1.165, 1.54) is 0 Å². The molecule has 0 atom stereocenters. The van der Waals surface area contributed by atoms with E-state index in [1.54, 1.807) is 6.92 Å². The molecule has 0 radical (unpaired) electrons. The average molecular weight is 216 g/mol. The van der Waals surface area contributed by atoms with Gasteiger partial charge < -0.3 is 9.47 Å². The highest BCUT2D eigenvalue weighted by Gasteiger charge is 2.07. The molecule has 0 aliphatic carbocycles. The molecule has 5 heteroatoms. The maximum Gasteiger partial charge on any atom is 0.344 e. The second kappa shape index (κ2) is 5.29. The van der Waals surface area contributed by atoms with Gasteiger partial charge in [0.2, 0.25) is 0 Å². The molecule has 1 aromatic rings.